The van der Waals surface area contributed by atoms with E-state index in [1.165, 1.54) is 25.9 Å². The first kappa shape index (κ1) is 19.9. The van der Waals surface area contributed by atoms with Crippen molar-refractivity contribution >= 4 is 0 Å². The van der Waals surface area contributed by atoms with Crippen molar-refractivity contribution in [2.24, 2.45) is 11.8 Å². The van der Waals surface area contributed by atoms with Crippen molar-refractivity contribution in [2.75, 3.05) is 32.8 Å². The molecule has 0 aliphatic heterocycles. The predicted octanol–water partition coefficient (Wildman–Crippen LogP) is 3.13. The van der Waals surface area contributed by atoms with Gasteiger partial charge in [-0.15, -0.1) is 0 Å². The van der Waals surface area contributed by atoms with Crippen LogP contribution in [0.5, 0.6) is 0 Å². The lowest BCUT2D eigenvalue weighted by Crippen LogP contribution is -2.38. The molecule has 0 fully saturated rings. The van der Waals surface area contributed by atoms with E-state index < -0.39 is 0 Å². The minimum atomic E-state index is 0.252. The third-order valence-electron chi connectivity index (χ3n) is 3.74. The molecule has 0 aliphatic carbocycles. The van der Waals surface area contributed by atoms with Crippen LogP contribution in [0.3, 0.4) is 0 Å². The van der Waals surface area contributed by atoms with Crippen LogP contribution in [0.15, 0.2) is 0 Å². The second-order valence-electron chi connectivity index (χ2n) is 6.83. The fourth-order valence-electron chi connectivity index (χ4n) is 2.16. The maximum absolute atomic E-state index is 9.42. The van der Waals surface area contributed by atoms with Crippen LogP contribution >= 0.6 is 0 Å². The smallest absolute Gasteiger partial charge is 0.0585 e. The number of nitrogens with zero attached hydrogens (tertiary/aromatic N) is 1. The molecule has 0 saturated carbocycles. The van der Waals surface area contributed by atoms with Crippen molar-refractivity contribution in [3.8, 4) is 0 Å². The Morgan fingerprint density at radius 1 is 0.900 bits per heavy atom. The zero-order chi connectivity index (χ0) is 15.4. The van der Waals surface area contributed by atoms with Gasteiger partial charge in [0.2, 0.25) is 0 Å². The number of nitrogens with one attached hydrogen (secondary N) is 1. The summed E-state index contributed by atoms with van der Waals surface area (Å²) in [5, 5.41) is 12.8. The molecule has 0 rings (SSSR count). The monoisotopic (exact) mass is 286 g/mol. The molecule has 1 atom stereocenters. The van der Waals surface area contributed by atoms with Crippen LogP contribution in [0.1, 0.15) is 60.3 Å². The van der Waals surface area contributed by atoms with Crippen LogP contribution in [0.4, 0.5) is 0 Å². The second-order valence-corrected chi connectivity index (χ2v) is 6.83. The third-order valence-corrected chi connectivity index (χ3v) is 3.74. The minimum absolute atomic E-state index is 0.252. The highest BCUT2D eigenvalue weighted by molar-refractivity contribution is 4.69. The topological polar surface area (TPSA) is 35.5 Å². The summed E-state index contributed by atoms with van der Waals surface area (Å²) >= 11 is 0. The fourth-order valence-corrected chi connectivity index (χ4v) is 2.16. The van der Waals surface area contributed by atoms with Gasteiger partial charge in [-0.3, -0.25) is 0 Å². The first-order valence-electron chi connectivity index (χ1n) is 8.56. The van der Waals surface area contributed by atoms with Crippen molar-refractivity contribution < 1.29 is 5.11 Å². The van der Waals surface area contributed by atoms with Gasteiger partial charge in [-0.2, -0.15) is 0 Å². The number of hydrogen-bond donors (Lipinski definition) is 2. The van der Waals surface area contributed by atoms with E-state index in [0.717, 1.165) is 37.8 Å². The molecule has 1 unspecified atom stereocenters. The first-order valence-corrected chi connectivity index (χ1v) is 8.56. The molecule has 20 heavy (non-hydrogen) atoms. The van der Waals surface area contributed by atoms with E-state index >= 15 is 0 Å². The number of aliphatic hydroxyl groups excluding tert-OH is 1. The van der Waals surface area contributed by atoms with Crippen LogP contribution in [-0.2, 0) is 0 Å². The Bertz CT molecular complexity index is 195. The molecule has 122 valence electrons. The lowest BCUT2D eigenvalue weighted by molar-refractivity contribution is 0.196. The summed E-state index contributed by atoms with van der Waals surface area (Å²) in [5.74, 6) is 1.53. The summed E-state index contributed by atoms with van der Waals surface area (Å²) in [6, 6.07) is 0.260. The van der Waals surface area contributed by atoms with E-state index in [2.05, 4.69) is 44.8 Å². The number of hydrogen-bond acceptors (Lipinski definition) is 3. The largest absolute Gasteiger partial charge is 0.395 e. The van der Waals surface area contributed by atoms with Gasteiger partial charge in [-0.05, 0) is 63.7 Å². The lowest BCUT2D eigenvalue weighted by atomic mass is 10.1. The molecule has 0 aromatic heterocycles. The van der Waals surface area contributed by atoms with Crippen molar-refractivity contribution in [1.82, 2.24) is 10.2 Å². The number of aliphatic hydroxyl groups is 1. The van der Waals surface area contributed by atoms with Crippen molar-refractivity contribution in [3.63, 3.8) is 0 Å². The molecule has 3 nitrogen and oxygen atoms in total. The van der Waals surface area contributed by atoms with Gasteiger partial charge in [0, 0.05) is 6.04 Å². The summed E-state index contributed by atoms with van der Waals surface area (Å²) < 4.78 is 0. The Morgan fingerprint density at radius 3 is 1.80 bits per heavy atom. The molecule has 2 N–H and O–H groups in total. The fraction of sp³-hybridized carbons (Fsp3) is 1.00. The average molecular weight is 287 g/mol. The molecule has 0 amide bonds. The average Bonchev–Trinajstić information content (AvgIpc) is 2.40. The van der Waals surface area contributed by atoms with Gasteiger partial charge in [-0.1, -0.05) is 34.6 Å². The van der Waals surface area contributed by atoms with Crippen LogP contribution in [0.25, 0.3) is 0 Å². The van der Waals surface area contributed by atoms with Gasteiger partial charge < -0.3 is 15.3 Å². The summed E-state index contributed by atoms with van der Waals surface area (Å²) in [7, 11) is 0. The molecule has 0 saturated heterocycles. The lowest BCUT2D eigenvalue weighted by Gasteiger charge is -2.26. The molecule has 0 heterocycles. The van der Waals surface area contributed by atoms with Gasteiger partial charge in [0.15, 0.2) is 0 Å². The highest BCUT2D eigenvalue weighted by atomic mass is 16.3. The van der Waals surface area contributed by atoms with E-state index in [1.54, 1.807) is 0 Å². The van der Waals surface area contributed by atoms with E-state index in [9.17, 15) is 5.11 Å². The molecule has 0 spiro atoms. The van der Waals surface area contributed by atoms with Crippen molar-refractivity contribution in [1.29, 1.82) is 0 Å². The molecule has 0 bridgehead atoms. The first-order chi connectivity index (χ1) is 9.49. The van der Waals surface area contributed by atoms with Crippen LogP contribution in [-0.4, -0.2) is 48.8 Å². The molecule has 3 heteroatoms. The molecule has 0 aromatic rings. The van der Waals surface area contributed by atoms with E-state index in [1.807, 2.05) is 0 Å². The second kappa shape index (κ2) is 12.6. The van der Waals surface area contributed by atoms with Gasteiger partial charge in [0.05, 0.1) is 6.61 Å². The zero-order valence-corrected chi connectivity index (χ0v) is 14.5. The summed E-state index contributed by atoms with van der Waals surface area (Å²) in [5.41, 5.74) is 0. The Balaban J connectivity index is 4.09. The van der Waals surface area contributed by atoms with Gasteiger partial charge in [-0.25, -0.2) is 0 Å². The SMILES string of the molecule is CCCNC(CO)CCN(CCC(C)C)CCC(C)C. The Labute approximate surface area is 127 Å². The van der Waals surface area contributed by atoms with Crippen molar-refractivity contribution in [2.45, 2.75) is 66.3 Å². The summed E-state index contributed by atoms with van der Waals surface area (Å²) in [6.07, 6.45) is 4.71. The van der Waals surface area contributed by atoms with Gasteiger partial charge >= 0.3 is 0 Å². The highest BCUT2D eigenvalue weighted by Gasteiger charge is 2.11. The normalized spacial score (nSPS) is 13.7. The Hall–Kier alpha value is -0.120. The van der Waals surface area contributed by atoms with Gasteiger partial charge in [0.25, 0.3) is 0 Å². The molecule has 0 aliphatic rings. The zero-order valence-electron chi connectivity index (χ0n) is 14.5. The van der Waals surface area contributed by atoms with E-state index in [0.29, 0.717) is 0 Å². The van der Waals surface area contributed by atoms with E-state index in [-0.39, 0.29) is 12.6 Å². The van der Waals surface area contributed by atoms with Crippen LogP contribution < -0.4 is 5.32 Å². The third kappa shape index (κ3) is 11.7. The molecular formula is C17H38N2O. The van der Waals surface area contributed by atoms with Crippen LogP contribution in [0, 0.1) is 11.8 Å². The molecule has 0 aromatic carbocycles. The van der Waals surface area contributed by atoms with Crippen molar-refractivity contribution in [3.05, 3.63) is 0 Å². The molecular weight excluding hydrogens is 248 g/mol. The Kier molecular flexibility index (Phi) is 12.5. The maximum Gasteiger partial charge on any atom is 0.0585 e. The van der Waals surface area contributed by atoms with Crippen LogP contribution in [0.2, 0.25) is 0 Å². The standard InChI is InChI=1S/C17H38N2O/c1-6-10-18-17(14-20)9-13-19(11-7-15(2)3)12-8-16(4)5/h15-18,20H,6-14H2,1-5H3. The Morgan fingerprint density at radius 2 is 1.40 bits per heavy atom. The maximum atomic E-state index is 9.42. The number of rotatable bonds is 13. The molecule has 0 radical (unpaired) electrons. The van der Waals surface area contributed by atoms with Gasteiger partial charge in [0.1, 0.15) is 0 Å². The quantitative estimate of drug-likeness (QED) is 0.546. The summed E-state index contributed by atoms with van der Waals surface area (Å²) in [4.78, 5) is 2.58. The summed E-state index contributed by atoms with van der Waals surface area (Å²) in [6.45, 7) is 16.1. The minimum Gasteiger partial charge on any atom is -0.395 e. The highest BCUT2D eigenvalue weighted by Crippen LogP contribution is 2.08. The predicted molar refractivity (Wildman–Crippen MR) is 89.1 cm³/mol. The van der Waals surface area contributed by atoms with E-state index in [4.69, 9.17) is 0 Å².